The summed E-state index contributed by atoms with van der Waals surface area (Å²) in [6, 6.07) is 3.54. The Kier molecular flexibility index (Phi) is 9.72. The van der Waals surface area contributed by atoms with Crippen molar-refractivity contribution in [3.8, 4) is 0 Å². The minimum Gasteiger partial charge on any atom is -0.465 e. The van der Waals surface area contributed by atoms with Crippen molar-refractivity contribution in [2.75, 3.05) is 13.7 Å². The fraction of sp³-hybridized carbons (Fsp3) is 0.500. The van der Waals surface area contributed by atoms with Crippen LogP contribution in [-0.2, 0) is 14.8 Å². The standard InChI is InChI=1S/C14H21ClN2O4S.ClH/c1-3-4-5-10(9-16)17-22(19,20)11-6-7-12(13(15)8-11)14(18)21-2;/h6-8,10,17H,3-5,9,16H2,1-2H3;1H. The molecule has 1 aromatic carbocycles. The number of benzene rings is 1. The largest absolute Gasteiger partial charge is 0.465 e. The molecular formula is C14H22Cl2N2O4S. The van der Waals surface area contributed by atoms with Gasteiger partial charge in [0.1, 0.15) is 0 Å². The number of nitrogens with one attached hydrogen (secondary N) is 1. The Morgan fingerprint density at radius 1 is 1.43 bits per heavy atom. The zero-order valence-corrected chi connectivity index (χ0v) is 15.4. The zero-order valence-electron chi connectivity index (χ0n) is 13.0. The lowest BCUT2D eigenvalue weighted by molar-refractivity contribution is 0.0601. The molecule has 23 heavy (non-hydrogen) atoms. The van der Waals surface area contributed by atoms with E-state index in [1.54, 1.807) is 0 Å². The molecule has 0 aliphatic rings. The Balaban J connectivity index is 0.00000484. The van der Waals surface area contributed by atoms with E-state index in [0.717, 1.165) is 12.8 Å². The van der Waals surface area contributed by atoms with Crippen LogP contribution in [0.2, 0.25) is 5.02 Å². The summed E-state index contributed by atoms with van der Waals surface area (Å²) in [5.41, 5.74) is 5.71. The van der Waals surface area contributed by atoms with Crippen LogP contribution < -0.4 is 10.5 Å². The summed E-state index contributed by atoms with van der Waals surface area (Å²) in [6.45, 7) is 2.24. The first kappa shape index (κ1) is 22.1. The summed E-state index contributed by atoms with van der Waals surface area (Å²) in [6.07, 6.45) is 2.50. The fourth-order valence-electron chi connectivity index (χ4n) is 1.90. The van der Waals surface area contributed by atoms with Crippen LogP contribution in [0, 0.1) is 0 Å². The maximum atomic E-state index is 12.3. The average molecular weight is 385 g/mol. The molecule has 1 rings (SSSR count). The molecule has 1 atom stereocenters. The Bertz CT molecular complexity index is 623. The van der Waals surface area contributed by atoms with Gasteiger partial charge in [-0.25, -0.2) is 17.9 Å². The molecule has 0 aliphatic carbocycles. The molecule has 132 valence electrons. The van der Waals surface area contributed by atoms with Crippen LogP contribution in [0.15, 0.2) is 23.1 Å². The number of hydrogen-bond acceptors (Lipinski definition) is 5. The van der Waals surface area contributed by atoms with Gasteiger partial charge in [0.2, 0.25) is 10.0 Å². The molecule has 0 bridgehead atoms. The summed E-state index contributed by atoms with van der Waals surface area (Å²) in [4.78, 5) is 11.4. The molecule has 0 heterocycles. The number of carbonyl (C=O) groups is 1. The van der Waals surface area contributed by atoms with Crippen molar-refractivity contribution in [2.45, 2.75) is 37.1 Å². The molecular weight excluding hydrogens is 363 g/mol. The smallest absolute Gasteiger partial charge is 0.339 e. The van der Waals surface area contributed by atoms with E-state index >= 15 is 0 Å². The van der Waals surface area contributed by atoms with E-state index in [2.05, 4.69) is 9.46 Å². The molecule has 6 nitrogen and oxygen atoms in total. The quantitative estimate of drug-likeness (QED) is 0.670. The van der Waals surface area contributed by atoms with Gasteiger partial charge in [-0.3, -0.25) is 0 Å². The van der Waals surface area contributed by atoms with Crippen molar-refractivity contribution in [1.29, 1.82) is 0 Å². The van der Waals surface area contributed by atoms with Crippen molar-refractivity contribution in [1.82, 2.24) is 4.72 Å². The first-order valence-corrected chi connectivity index (χ1v) is 8.82. The molecule has 0 fully saturated rings. The third-order valence-corrected chi connectivity index (χ3v) is 5.00. The highest BCUT2D eigenvalue weighted by Crippen LogP contribution is 2.22. The number of carbonyl (C=O) groups excluding carboxylic acids is 1. The maximum Gasteiger partial charge on any atom is 0.339 e. The highest BCUT2D eigenvalue weighted by atomic mass is 35.5. The first-order valence-electron chi connectivity index (χ1n) is 6.96. The van der Waals surface area contributed by atoms with E-state index in [0.29, 0.717) is 6.42 Å². The number of rotatable bonds is 8. The minimum atomic E-state index is -3.74. The summed E-state index contributed by atoms with van der Waals surface area (Å²) >= 11 is 5.95. The number of hydrogen-bond donors (Lipinski definition) is 2. The van der Waals surface area contributed by atoms with Crippen LogP contribution in [0.4, 0.5) is 0 Å². The van der Waals surface area contributed by atoms with Crippen molar-refractivity contribution >= 4 is 40.0 Å². The Morgan fingerprint density at radius 2 is 2.09 bits per heavy atom. The number of nitrogens with two attached hydrogens (primary N) is 1. The van der Waals surface area contributed by atoms with Crippen molar-refractivity contribution in [2.24, 2.45) is 5.73 Å². The third kappa shape index (κ3) is 6.27. The lowest BCUT2D eigenvalue weighted by atomic mass is 10.1. The first-order chi connectivity index (χ1) is 10.4. The van der Waals surface area contributed by atoms with Gasteiger partial charge in [-0.05, 0) is 24.6 Å². The topological polar surface area (TPSA) is 98.5 Å². The molecule has 3 N–H and O–H groups in total. The third-order valence-electron chi connectivity index (χ3n) is 3.17. The second-order valence-corrected chi connectivity index (χ2v) is 6.95. The molecule has 0 amide bonds. The molecule has 1 unspecified atom stereocenters. The van der Waals surface area contributed by atoms with E-state index in [9.17, 15) is 13.2 Å². The molecule has 0 radical (unpaired) electrons. The summed E-state index contributed by atoms with van der Waals surface area (Å²) in [5, 5.41) is 0.0209. The van der Waals surface area contributed by atoms with Gasteiger partial charge in [-0.1, -0.05) is 31.4 Å². The molecule has 0 spiro atoms. The van der Waals surface area contributed by atoms with Crippen molar-refractivity contribution < 1.29 is 17.9 Å². The molecule has 0 saturated heterocycles. The van der Waals surface area contributed by atoms with E-state index in [-0.39, 0.29) is 40.5 Å². The number of halogens is 2. The van der Waals surface area contributed by atoms with Gasteiger partial charge in [0.15, 0.2) is 0 Å². The van der Waals surface area contributed by atoms with Crippen LogP contribution in [-0.4, -0.2) is 34.1 Å². The highest BCUT2D eigenvalue weighted by molar-refractivity contribution is 7.89. The van der Waals surface area contributed by atoms with Crippen molar-refractivity contribution in [3.05, 3.63) is 28.8 Å². The monoisotopic (exact) mass is 384 g/mol. The number of ether oxygens (including phenoxy) is 1. The van der Waals surface area contributed by atoms with Gasteiger partial charge in [0.05, 0.1) is 22.6 Å². The summed E-state index contributed by atoms with van der Waals surface area (Å²) in [7, 11) is -2.51. The fourth-order valence-corrected chi connectivity index (χ4v) is 3.53. The molecule has 0 aromatic heterocycles. The van der Waals surface area contributed by atoms with Crippen LogP contribution >= 0.6 is 24.0 Å². The Hall–Kier alpha value is -0.860. The number of sulfonamides is 1. The van der Waals surface area contributed by atoms with Crippen molar-refractivity contribution in [3.63, 3.8) is 0 Å². The van der Waals surface area contributed by atoms with Crippen LogP contribution in [0.25, 0.3) is 0 Å². The van der Waals surface area contributed by atoms with E-state index < -0.39 is 16.0 Å². The molecule has 0 aliphatic heterocycles. The second kappa shape index (κ2) is 10.1. The van der Waals surface area contributed by atoms with Gasteiger partial charge in [0.25, 0.3) is 0 Å². The molecule has 9 heteroatoms. The summed E-state index contributed by atoms with van der Waals surface area (Å²) in [5.74, 6) is -0.621. The van der Waals surface area contributed by atoms with Gasteiger partial charge >= 0.3 is 5.97 Å². The van der Waals surface area contributed by atoms with Gasteiger partial charge < -0.3 is 10.5 Å². The van der Waals surface area contributed by atoms with Crippen LogP contribution in [0.1, 0.15) is 36.5 Å². The second-order valence-electron chi connectivity index (χ2n) is 4.83. The lowest BCUT2D eigenvalue weighted by Gasteiger charge is -2.17. The number of methoxy groups -OCH3 is 1. The van der Waals surface area contributed by atoms with Gasteiger partial charge in [-0.2, -0.15) is 0 Å². The molecule has 1 aromatic rings. The van der Waals surface area contributed by atoms with E-state index in [1.807, 2.05) is 6.92 Å². The van der Waals surface area contributed by atoms with E-state index in [1.165, 1.54) is 25.3 Å². The predicted octanol–water partition coefficient (Wildman–Crippen LogP) is 2.34. The van der Waals surface area contributed by atoms with Crippen LogP contribution in [0.3, 0.4) is 0 Å². The number of esters is 1. The Morgan fingerprint density at radius 3 is 2.57 bits per heavy atom. The normalized spacial score (nSPS) is 12.3. The molecule has 0 saturated carbocycles. The van der Waals surface area contributed by atoms with Gasteiger partial charge in [0, 0.05) is 12.6 Å². The Labute approximate surface area is 148 Å². The lowest BCUT2D eigenvalue weighted by Crippen LogP contribution is -2.40. The van der Waals surface area contributed by atoms with Gasteiger partial charge in [-0.15, -0.1) is 12.4 Å². The average Bonchev–Trinajstić information content (AvgIpc) is 2.50. The minimum absolute atomic E-state index is 0. The maximum absolute atomic E-state index is 12.3. The van der Waals surface area contributed by atoms with Crippen LogP contribution in [0.5, 0.6) is 0 Å². The zero-order chi connectivity index (χ0) is 16.8. The SMILES string of the molecule is CCCCC(CN)NS(=O)(=O)c1ccc(C(=O)OC)c(Cl)c1.Cl. The predicted molar refractivity (Wildman–Crippen MR) is 92.7 cm³/mol. The van der Waals surface area contributed by atoms with E-state index in [4.69, 9.17) is 17.3 Å². The summed E-state index contributed by atoms with van der Waals surface area (Å²) < 4.78 is 31.8. The highest BCUT2D eigenvalue weighted by Gasteiger charge is 2.21. The number of unbranched alkanes of at least 4 members (excludes halogenated alkanes) is 1.